The molecule has 20 heavy (non-hydrogen) atoms. The predicted molar refractivity (Wildman–Crippen MR) is 86.0 cm³/mol. The summed E-state index contributed by atoms with van der Waals surface area (Å²) in [7, 11) is 0. The average molecular weight is 275 g/mol. The van der Waals surface area contributed by atoms with Crippen molar-refractivity contribution in [2.24, 2.45) is 11.8 Å². The van der Waals surface area contributed by atoms with Crippen LogP contribution in [-0.4, -0.2) is 24.1 Å². The van der Waals surface area contributed by atoms with E-state index in [1.807, 2.05) is 6.20 Å². The molecule has 1 aromatic rings. The molecule has 3 nitrogen and oxygen atoms in total. The number of hydrogen-bond donors (Lipinski definition) is 1. The Hall–Kier alpha value is -1.09. The average Bonchev–Trinajstić information content (AvgIpc) is 2.44. The van der Waals surface area contributed by atoms with E-state index in [-0.39, 0.29) is 0 Å². The van der Waals surface area contributed by atoms with Gasteiger partial charge in [0.2, 0.25) is 0 Å². The van der Waals surface area contributed by atoms with Gasteiger partial charge in [0.15, 0.2) is 0 Å². The van der Waals surface area contributed by atoms with Crippen molar-refractivity contribution in [1.82, 2.24) is 10.3 Å². The maximum absolute atomic E-state index is 4.69. The second-order valence-corrected chi connectivity index (χ2v) is 6.41. The number of pyridine rings is 1. The van der Waals surface area contributed by atoms with Crippen LogP contribution in [0.1, 0.15) is 46.1 Å². The fraction of sp³-hybridized carbons (Fsp3) is 0.706. The van der Waals surface area contributed by atoms with Gasteiger partial charge in [-0.3, -0.25) is 0 Å². The Kier molecular flexibility index (Phi) is 5.41. The molecule has 3 unspecified atom stereocenters. The van der Waals surface area contributed by atoms with Crippen LogP contribution < -0.4 is 10.2 Å². The molecule has 1 aliphatic heterocycles. The van der Waals surface area contributed by atoms with Gasteiger partial charge >= 0.3 is 0 Å². The fourth-order valence-corrected chi connectivity index (χ4v) is 3.12. The molecule has 1 saturated heterocycles. The maximum atomic E-state index is 4.69. The van der Waals surface area contributed by atoms with E-state index in [1.54, 1.807) is 0 Å². The summed E-state index contributed by atoms with van der Waals surface area (Å²) in [4.78, 5) is 7.16. The fourth-order valence-electron chi connectivity index (χ4n) is 3.12. The molecule has 0 amide bonds. The summed E-state index contributed by atoms with van der Waals surface area (Å²) in [6.07, 6.45) is 4.53. The molecule has 112 valence electrons. The highest BCUT2D eigenvalue weighted by Gasteiger charge is 2.29. The van der Waals surface area contributed by atoms with Crippen molar-refractivity contribution in [3.63, 3.8) is 0 Å². The Balaban J connectivity index is 2.01. The minimum atomic E-state index is 0.586. The summed E-state index contributed by atoms with van der Waals surface area (Å²) in [5, 5.41) is 3.42. The number of nitrogens with zero attached hydrogens (tertiary/aromatic N) is 2. The first-order valence-corrected chi connectivity index (χ1v) is 8.04. The number of piperidine rings is 1. The molecule has 1 N–H and O–H groups in total. The van der Waals surface area contributed by atoms with Crippen LogP contribution in [0, 0.1) is 11.8 Å². The van der Waals surface area contributed by atoms with E-state index in [4.69, 9.17) is 0 Å². The van der Waals surface area contributed by atoms with Crippen LogP contribution >= 0.6 is 0 Å². The van der Waals surface area contributed by atoms with E-state index < -0.39 is 0 Å². The Morgan fingerprint density at radius 2 is 2.10 bits per heavy atom. The van der Waals surface area contributed by atoms with Crippen molar-refractivity contribution in [3.8, 4) is 0 Å². The third-order valence-corrected chi connectivity index (χ3v) is 4.46. The first kappa shape index (κ1) is 15.3. The summed E-state index contributed by atoms with van der Waals surface area (Å²) in [6, 6.07) is 4.98. The Morgan fingerprint density at radius 1 is 1.30 bits per heavy atom. The first-order valence-electron chi connectivity index (χ1n) is 8.04. The molecule has 0 saturated carbocycles. The van der Waals surface area contributed by atoms with Gasteiger partial charge in [0.05, 0.1) is 0 Å². The van der Waals surface area contributed by atoms with Crippen LogP contribution in [0.3, 0.4) is 0 Å². The van der Waals surface area contributed by atoms with E-state index in [0.29, 0.717) is 6.04 Å². The standard InChI is InChI=1S/C17H29N3/c1-5-8-18-10-16-6-7-17(19-11-16)20-12-13(2)9-14(3)15(20)4/h6-7,11,13-15,18H,5,8-10,12H2,1-4H3. The minimum Gasteiger partial charge on any atom is -0.353 e. The number of anilines is 1. The highest BCUT2D eigenvalue weighted by Crippen LogP contribution is 2.30. The van der Waals surface area contributed by atoms with Gasteiger partial charge in [0, 0.05) is 25.3 Å². The third kappa shape index (κ3) is 3.72. The molecule has 0 spiro atoms. The summed E-state index contributed by atoms with van der Waals surface area (Å²) >= 11 is 0. The van der Waals surface area contributed by atoms with Crippen LogP contribution in [-0.2, 0) is 6.54 Å². The number of hydrogen-bond acceptors (Lipinski definition) is 3. The smallest absolute Gasteiger partial charge is 0.128 e. The van der Waals surface area contributed by atoms with Gasteiger partial charge in [-0.05, 0) is 49.8 Å². The Morgan fingerprint density at radius 3 is 2.75 bits per heavy atom. The van der Waals surface area contributed by atoms with Crippen molar-refractivity contribution in [3.05, 3.63) is 23.9 Å². The quantitative estimate of drug-likeness (QED) is 0.834. The second-order valence-electron chi connectivity index (χ2n) is 6.41. The molecule has 0 bridgehead atoms. The summed E-state index contributed by atoms with van der Waals surface area (Å²) < 4.78 is 0. The summed E-state index contributed by atoms with van der Waals surface area (Å²) in [6.45, 7) is 12.3. The van der Waals surface area contributed by atoms with E-state index in [2.05, 4.69) is 55.0 Å². The molecular weight excluding hydrogens is 246 g/mol. The lowest BCUT2D eigenvalue weighted by Crippen LogP contribution is -2.46. The van der Waals surface area contributed by atoms with Gasteiger partial charge < -0.3 is 10.2 Å². The van der Waals surface area contributed by atoms with Gasteiger partial charge in [-0.15, -0.1) is 0 Å². The lowest BCUT2D eigenvalue weighted by atomic mass is 9.86. The topological polar surface area (TPSA) is 28.2 Å². The summed E-state index contributed by atoms with van der Waals surface area (Å²) in [5.41, 5.74) is 1.27. The zero-order valence-corrected chi connectivity index (χ0v) is 13.4. The third-order valence-electron chi connectivity index (χ3n) is 4.46. The van der Waals surface area contributed by atoms with E-state index in [0.717, 1.165) is 37.3 Å². The first-order chi connectivity index (χ1) is 9.61. The van der Waals surface area contributed by atoms with Gasteiger partial charge in [-0.1, -0.05) is 26.8 Å². The maximum Gasteiger partial charge on any atom is 0.128 e. The number of nitrogens with one attached hydrogen (secondary N) is 1. The van der Waals surface area contributed by atoms with E-state index >= 15 is 0 Å². The Labute approximate surface area is 123 Å². The van der Waals surface area contributed by atoms with Crippen LogP contribution in [0.25, 0.3) is 0 Å². The summed E-state index contributed by atoms with van der Waals surface area (Å²) in [5.74, 6) is 2.63. The molecular formula is C17H29N3. The highest BCUT2D eigenvalue weighted by molar-refractivity contribution is 5.41. The molecule has 0 aliphatic carbocycles. The molecule has 1 aliphatic rings. The molecule has 3 atom stereocenters. The molecule has 3 heteroatoms. The van der Waals surface area contributed by atoms with E-state index in [1.165, 1.54) is 18.4 Å². The molecule has 1 fully saturated rings. The highest BCUT2D eigenvalue weighted by atomic mass is 15.2. The van der Waals surface area contributed by atoms with Crippen molar-refractivity contribution >= 4 is 5.82 Å². The Bertz CT molecular complexity index is 401. The van der Waals surface area contributed by atoms with Crippen molar-refractivity contribution < 1.29 is 0 Å². The van der Waals surface area contributed by atoms with Crippen LogP contribution in [0.5, 0.6) is 0 Å². The molecule has 2 rings (SSSR count). The largest absolute Gasteiger partial charge is 0.353 e. The van der Waals surface area contributed by atoms with E-state index in [9.17, 15) is 0 Å². The lowest BCUT2D eigenvalue weighted by Gasteiger charge is -2.41. The number of aromatic nitrogens is 1. The molecule has 0 radical (unpaired) electrons. The molecule has 0 aromatic carbocycles. The van der Waals surface area contributed by atoms with Gasteiger partial charge in [-0.25, -0.2) is 4.98 Å². The van der Waals surface area contributed by atoms with Crippen LogP contribution in [0.4, 0.5) is 5.82 Å². The van der Waals surface area contributed by atoms with Crippen LogP contribution in [0.15, 0.2) is 18.3 Å². The normalized spacial score (nSPS) is 26.8. The second kappa shape index (κ2) is 7.07. The zero-order valence-electron chi connectivity index (χ0n) is 13.4. The van der Waals surface area contributed by atoms with Crippen LogP contribution in [0.2, 0.25) is 0 Å². The van der Waals surface area contributed by atoms with Crippen molar-refractivity contribution in [1.29, 1.82) is 0 Å². The monoisotopic (exact) mass is 275 g/mol. The van der Waals surface area contributed by atoms with Crippen molar-refractivity contribution in [2.45, 2.75) is 53.1 Å². The van der Waals surface area contributed by atoms with Gasteiger partial charge in [0.1, 0.15) is 5.82 Å². The van der Waals surface area contributed by atoms with Crippen molar-refractivity contribution in [2.75, 3.05) is 18.0 Å². The lowest BCUT2D eigenvalue weighted by molar-refractivity contribution is 0.295. The minimum absolute atomic E-state index is 0.586. The molecule has 2 heterocycles. The van der Waals surface area contributed by atoms with Gasteiger partial charge in [-0.2, -0.15) is 0 Å². The predicted octanol–water partition coefficient (Wildman–Crippen LogP) is 3.45. The SMILES string of the molecule is CCCNCc1ccc(N2CC(C)CC(C)C2C)nc1. The zero-order chi connectivity index (χ0) is 14.5. The van der Waals surface area contributed by atoms with Gasteiger partial charge in [0.25, 0.3) is 0 Å². The number of rotatable bonds is 5. The molecule has 1 aromatic heterocycles.